The summed E-state index contributed by atoms with van der Waals surface area (Å²) in [4.78, 5) is 0. The van der Waals surface area contributed by atoms with Crippen LogP contribution in [-0.2, 0) is 35.5 Å². The Morgan fingerprint density at radius 1 is 0.717 bits per heavy atom. The third-order valence-electron chi connectivity index (χ3n) is 16.6. The van der Waals surface area contributed by atoms with Crippen molar-refractivity contribution in [1.29, 1.82) is 0 Å². The van der Waals surface area contributed by atoms with E-state index in [4.69, 9.17) is 4.21 Å². The van der Waals surface area contributed by atoms with Gasteiger partial charge in [0, 0.05) is 0 Å². The molecular weight excluding hydrogens is 763 g/mol. The van der Waals surface area contributed by atoms with Gasteiger partial charge in [0.2, 0.25) is 0 Å². The summed E-state index contributed by atoms with van der Waals surface area (Å²) in [5, 5.41) is 0. The Morgan fingerprint density at radius 2 is 1.28 bits per heavy atom. The molecule has 3 aromatic carbocycles. The van der Waals surface area contributed by atoms with Crippen LogP contribution in [0.5, 0.6) is 0 Å². The van der Waals surface area contributed by atoms with Crippen molar-refractivity contribution in [2.45, 2.75) is 109 Å². The fraction of sp³-hybridized carbons (Fsp3) is 0.460. The van der Waals surface area contributed by atoms with Crippen LogP contribution in [-0.4, -0.2) is 4.21 Å². The van der Waals surface area contributed by atoms with Crippen LogP contribution in [0, 0.1) is 35.0 Å². The van der Waals surface area contributed by atoms with E-state index in [9.17, 15) is 0 Å². The average molecular weight is 823 g/mol. The van der Waals surface area contributed by atoms with Gasteiger partial charge in [0.15, 0.2) is 0 Å². The Hall–Kier alpha value is -2.05. The number of hydrogen-bond acceptors (Lipinski definition) is 0. The van der Waals surface area contributed by atoms with Crippen LogP contribution in [0.25, 0.3) is 22.3 Å². The Balaban J connectivity index is 0.00000200. The predicted octanol–water partition coefficient (Wildman–Crippen LogP) is 13.2. The third-order valence-corrected chi connectivity index (χ3v) is 32.4. The van der Waals surface area contributed by atoms with Crippen LogP contribution in [0.4, 0.5) is 0 Å². The molecule has 3 heteroatoms. The standard InChI is InChI=1S/C25H25.C17H23.C6H5.CH3.CH2.2ClH.Zr/c1-14-12-24(3,4)22-8-16-7-17-9-23-19(15(2)13-25(23,5)6)11-21(17)20(16)10-18(14)22;1-11-3-4-14(5-11)17(2)15-7-12-6-13(9-15)10-16(17)8-12;1-2-4-6-5-3-1;;;;;/h8-12H,7H2,1-6H3;4-5,11-13,15-16H,6-10H2,1-2H3;1-5H;1H3;1H2;2*1H;. The molecule has 4 bridgehead atoms. The van der Waals surface area contributed by atoms with E-state index in [0.717, 1.165) is 30.1 Å². The van der Waals surface area contributed by atoms with Crippen LogP contribution < -0.4 is 3.27 Å². The Kier molecular flexibility index (Phi) is 8.39. The SMILES string of the molecule is Cl.Cl.[CH2]=[Zr]([CH3])([C]1=CC(C2(C)C3CC4CC(C3)CC2C4)=CC1C)([C]1=C(C)c2cc3c(cc2C1(C)C)Cc1cc2c(cc1-3)C(C)=CC2(C)C)[c]1ccccc1. The molecule has 0 amide bonds. The van der Waals surface area contributed by atoms with Gasteiger partial charge >= 0.3 is 311 Å². The van der Waals surface area contributed by atoms with E-state index < -0.39 is 18.3 Å². The van der Waals surface area contributed by atoms with Crippen LogP contribution in [0.3, 0.4) is 0 Å². The Labute approximate surface area is 333 Å². The second-order valence-corrected chi connectivity index (χ2v) is 34.4. The first kappa shape index (κ1) is 37.9. The molecule has 0 aliphatic heterocycles. The normalized spacial score (nSPS) is 30.8. The molecule has 3 aromatic rings. The molecule has 1 unspecified atom stereocenters. The van der Waals surface area contributed by atoms with Crippen LogP contribution in [0.1, 0.15) is 121 Å². The van der Waals surface area contributed by atoms with E-state index in [2.05, 4.69) is 133 Å². The number of rotatable bonds is 4. The molecule has 0 heterocycles. The fourth-order valence-electron chi connectivity index (χ4n) is 14.6. The number of fused-ring (bicyclic) bond motifs is 5. The summed E-state index contributed by atoms with van der Waals surface area (Å²) in [5.41, 5.74) is 16.8. The molecule has 1 atom stereocenters. The Morgan fingerprint density at radius 3 is 1.89 bits per heavy atom. The van der Waals surface area contributed by atoms with Gasteiger partial charge in [-0.3, -0.25) is 0 Å². The van der Waals surface area contributed by atoms with Gasteiger partial charge in [0.05, 0.1) is 0 Å². The summed E-state index contributed by atoms with van der Waals surface area (Å²) in [6.45, 7) is 19.8. The molecule has 0 saturated heterocycles. The van der Waals surface area contributed by atoms with Gasteiger partial charge in [0.1, 0.15) is 0 Å². The van der Waals surface area contributed by atoms with Crippen molar-refractivity contribution in [3.05, 3.63) is 118 Å². The first-order valence-electron chi connectivity index (χ1n) is 20.3. The molecule has 0 aromatic heterocycles. The quantitative estimate of drug-likeness (QED) is 0.192. The zero-order chi connectivity index (χ0) is 35.6. The van der Waals surface area contributed by atoms with E-state index in [-0.39, 0.29) is 35.6 Å². The molecule has 0 nitrogen and oxygen atoms in total. The second-order valence-electron chi connectivity index (χ2n) is 20.4. The van der Waals surface area contributed by atoms with Gasteiger partial charge in [-0.1, -0.05) is 0 Å². The molecule has 8 aliphatic carbocycles. The van der Waals surface area contributed by atoms with Gasteiger partial charge < -0.3 is 0 Å². The third kappa shape index (κ3) is 4.78. The van der Waals surface area contributed by atoms with Crippen molar-refractivity contribution < 1.29 is 18.3 Å². The maximum absolute atomic E-state index is 5.73. The van der Waals surface area contributed by atoms with Crippen LogP contribution in [0.2, 0.25) is 4.63 Å². The van der Waals surface area contributed by atoms with E-state index in [1.165, 1.54) is 91.0 Å². The minimum absolute atomic E-state index is 0. The van der Waals surface area contributed by atoms with Gasteiger partial charge in [-0.25, -0.2) is 0 Å². The first-order chi connectivity index (χ1) is 24.0. The number of benzene rings is 3. The fourth-order valence-corrected chi connectivity index (χ4v) is 31.4. The predicted molar refractivity (Wildman–Crippen MR) is 231 cm³/mol. The molecule has 4 saturated carbocycles. The summed E-state index contributed by atoms with van der Waals surface area (Å²) in [6, 6.07) is 22.0. The van der Waals surface area contributed by atoms with Crippen LogP contribution in [0.15, 0.2) is 85.0 Å². The second kappa shape index (κ2) is 11.7. The topological polar surface area (TPSA) is 0 Å². The molecule has 11 rings (SSSR count). The average Bonchev–Trinajstić information content (AvgIpc) is 3.77. The molecule has 0 radical (unpaired) electrons. The van der Waals surface area contributed by atoms with E-state index in [1.54, 1.807) is 12.1 Å². The van der Waals surface area contributed by atoms with E-state index >= 15 is 0 Å². The number of halogens is 2. The zero-order valence-corrected chi connectivity index (χ0v) is 37.7. The molecule has 278 valence electrons. The van der Waals surface area contributed by atoms with Crippen molar-refractivity contribution in [2.75, 3.05) is 0 Å². The summed E-state index contributed by atoms with van der Waals surface area (Å²) in [7, 11) is 0. The first-order valence-corrected chi connectivity index (χ1v) is 28.2. The van der Waals surface area contributed by atoms with Crippen molar-refractivity contribution in [2.24, 2.45) is 35.0 Å². The molecule has 4 fully saturated rings. The summed E-state index contributed by atoms with van der Waals surface area (Å²) >= 11 is -4.44. The number of allylic oxidation sites excluding steroid dienone is 8. The summed E-state index contributed by atoms with van der Waals surface area (Å²) < 4.78 is 13.3. The summed E-state index contributed by atoms with van der Waals surface area (Å²) in [6.07, 6.45) is 16.4. The van der Waals surface area contributed by atoms with Gasteiger partial charge in [-0.2, -0.15) is 0 Å². The molecule has 0 spiro atoms. The van der Waals surface area contributed by atoms with E-state index in [1.807, 2.05) is 0 Å². The number of hydrogen-bond donors (Lipinski definition) is 0. The van der Waals surface area contributed by atoms with Crippen molar-refractivity contribution in [3.63, 3.8) is 0 Å². The van der Waals surface area contributed by atoms with Gasteiger partial charge in [0.25, 0.3) is 0 Å². The van der Waals surface area contributed by atoms with Crippen molar-refractivity contribution >= 4 is 43.4 Å². The van der Waals surface area contributed by atoms with Gasteiger partial charge in [-0.05, 0) is 0 Å². The maximum atomic E-state index is 5.73. The molecule has 8 aliphatic rings. The van der Waals surface area contributed by atoms with Crippen molar-refractivity contribution in [3.8, 4) is 11.1 Å². The van der Waals surface area contributed by atoms with Crippen LogP contribution >= 0.6 is 24.8 Å². The summed E-state index contributed by atoms with van der Waals surface area (Å²) in [5.74, 6) is 4.10. The monoisotopic (exact) mass is 820 g/mol. The van der Waals surface area contributed by atoms with Crippen molar-refractivity contribution in [1.82, 2.24) is 0 Å². The molecular formula is C50H60Cl2Zr. The molecule has 53 heavy (non-hydrogen) atoms. The molecule has 0 N–H and O–H groups in total. The van der Waals surface area contributed by atoms with E-state index in [0.29, 0.717) is 11.3 Å². The zero-order valence-electron chi connectivity index (χ0n) is 33.6. The minimum atomic E-state index is -4.44. The Bertz CT molecular complexity index is 2280. The van der Waals surface area contributed by atoms with Gasteiger partial charge in [-0.15, -0.1) is 24.8 Å².